The van der Waals surface area contributed by atoms with Gasteiger partial charge in [0.2, 0.25) is 11.8 Å². The Labute approximate surface area is 103 Å². The lowest BCUT2D eigenvalue weighted by Crippen LogP contribution is -2.58. The highest BCUT2D eigenvalue weighted by Gasteiger charge is 2.29. The fourth-order valence-electron chi connectivity index (χ4n) is 2.10. The molecule has 5 heteroatoms. The number of hydrogen-bond acceptors (Lipinski definition) is 3. The molecule has 2 amide bonds. The molecule has 1 unspecified atom stereocenters. The van der Waals surface area contributed by atoms with E-state index in [1.807, 2.05) is 0 Å². The Balaban J connectivity index is 2.39. The summed E-state index contributed by atoms with van der Waals surface area (Å²) in [6, 6.07) is -0.470. The minimum Gasteiger partial charge on any atom is -0.368 e. The summed E-state index contributed by atoms with van der Waals surface area (Å²) >= 11 is 0. The highest BCUT2D eigenvalue weighted by atomic mass is 16.2. The van der Waals surface area contributed by atoms with Crippen molar-refractivity contribution in [3.63, 3.8) is 0 Å². The van der Waals surface area contributed by atoms with Crippen LogP contribution in [0.4, 0.5) is 0 Å². The maximum Gasteiger partial charge on any atom is 0.241 e. The van der Waals surface area contributed by atoms with Crippen LogP contribution in [-0.4, -0.2) is 42.4 Å². The lowest BCUT2D eigenvalue weighted by Gasteiger charge is -2.34. The van der Waals surface area contributed by atoms with Gasteiger partial charge in [-0.2, -0.15) is 0 Å². The zero-order chi connectivity index (χ0) is 12.7. The van der Waals surface area contributed by atoms with Gasteiger partial charge >= 0.3 is 0 Å². The maximum absolute atomic E-state index is 12.0. The Bertz CT molecular complexity index is 268. The molecule has 0 bridgehead atoms. The molecule has 1 aliphatic rings. The van der Waals surface area contributed by atoms with Crippen LogP contribution in [0.15, 0.2) is 0 Å². The summed E-state index contributed by atoms with van der Waals surface area (Å²) in [4.78, 5) is 24.8. The molecule has 1 atom stereocenters. The minimum atomic E-state index is -0.470. The number of nitrogens with two attached hydrogens (primary N) is 1. The Morgan fingerprint density at radius 2 is 2.12 bits per heavy atom. The molecular formula is C12H23N3O2. The number of piperazine rings is 1. The van der Waals surface area contributed by atoms with E-state index in [0.29, 0.717) is 19.5 Å². The van der Waals surface area contributed by atoms with Crippen molar-refractivity contribution in [2.45, 2.75) is 45.1 Å². The van der Waals surface area contributed by atoms with Crippen molar-refractivity contribution in [2.75, 3.05) is 19.6 Å². The van der Waals surface area contributed by atoms with Gasteiger partial charge in [0.25, 0.3) is 0 Å². The summed E-state index contributed by atoms with van der Waals surface area (Å²) in [5.74, 6) is -0.356. The molecule has 0 aromatic rings. The van der Waals surface area contributed by atoms with Crippen LogP contribution in [0, 0.1) is 0 Å². The number of carbonyl (C=O) groups excluding carboxylic acids is 2. The molecule has 0 radical (unpaired) electrons. The van der Waals surface area contributed by atoms with Gasteiger partial charge in [0.1, 0.15) is 6.04 Å². The van der Waals surface area contributed by atoms with Crippen molar-refractivity contribution in [1.82, 2.24) is 10.2 Å². The van der Waals surface area contributed by atoms with Gasteiger partial charge in [0.15, 0.2) is 0 Å². The van der Waals surface area contributed by atoms with Crippen LogP contribution in [0.5, 0.6) is 0 Å². The zero-order valence-corrected chi connectivity index (χ0v) is 10.6. The standard InChI is InChI=1S/C12H23N3O2/c1-2-3-4-5-6-11(16)15-8-7-14-9-10(15)12(13)17/h10,14H,2-9H2,1H3,(H2,13,17). The molecule has 1 aliphatic heterocycles. The van der Waals surface area contributed by atoms with E-state index in [-0.39, 0.29) is 5.91 Å². The van der Waals surface area contributed by atoms with Gasteiger partial charge in [-0.3, -0.25) is 9.59 Å². The van der Waals surface area contributed by atoms with Crippen LogP contribution in [0.3, 0.4) is 0 Å². The summed E-state index contributed by atoms with van der Waals surface area (Å²) in [7, 11) is 0. The van der Waals surface area contributed by atoms with Crippen molar-refractivity contribution < 1.29 is 9.59 Å². The minimum absolute atomic E-state index is 0.0615. The number of rotatable bonds is 6. The molecule has 17 heavy (non-hydrogen) atoms. The number of carbonyl (C=O) groups is 2. The average Bonchev–Trinajstić information content (AvgIpc) is 2.34. The average molecular weight is 241 g/mol. The molecular weight excluding hydrogens is 218 g/mol. The highest BCUT2D eigenvalue weighted by Crippen LogP contribution is 2.09. The first-order valence-electron chi connectivity index (χ1n) is 6.46. The first kappa shape index (κ1) is 14.0. The van der Waals surface area contributed by atoms with Gasteiger partial charge in [-0.25, -0.2) is 0 Å². The smallest absolute Gasteiger partial charge is 0.241 e. The van der Waals surface area contributed by atoms with Crippen molar-refractivity contribution in [1.29, 1.82) is 0 Å². The molecule has 1 saturated heterocycles. The topological polar surface area (TPSA) is 75.4 Å². The Morgan fingerprint density at radius 1 is 1.35 bits per heavy atom. The van der Waals surface area contributed by atoms with Crippen LogP contribution in [0.2, 0.25) is 0 Å². The second-order valence-corrected chi connectivity index (χ2v) is 4.52. The molecule has 0 saturated carbocycles. The summed E-state index contributed by atoms with van der Waals surface area (Å²) in [6.07, 6.45) is 4.83. The molecule has 0 aromatic carbocycles. The number of nitrogens with one attached hydrogen (secondary N) is 1. The van der Waals surface area contributed by atoms with E-state index in [2.05, 4.69) is 12.2 Å². The van der Waals surface area contributed by atoms with Gasteiger partial charge in [-0.1, -0.05) is 26.2 Å². The SMILES string of the molecule is CCCCCCC(=O)N1CCNCC1C(N)=O. The summed E-state index contributed by atoms with van der Waals surface area (Å²) < 4.78 is 0. The Hall–Kier alpha value is -1.10. The predicted octanol–water partition coefficient (Wildman–Crippen LogP) is 0.243. The molecule has 1 rings (SSSR count). The van der Waals surface area contributed by atoms with E-state index in [9.17, 15) is 9.59 Å². The maximum atomic E-state index is 12.0. The molecule has 0 aliphatic carbocycles. The first-order chi connectivity index (χ1) is 8.16. The molecule has 5 nitrogen and oxygen atoms in total. The lowest BCUT2D eigenvalue weighted by molar-refractivity contribution is -0.140. The summed E-state index contributed by atoms with van der Waals surface area (Å²) in [6.45, 7) is 3.95. The van der Waals surface area contributed by atoms with Gasteiger partial charge in [0.05, 0.1) is 0 Å². The van der Waals surface area contributed by atoms with Gasteiger partial charge in [-0.15, -0.1) is 0 Å². The normalized spacial score (nSPS) is 20.3. The van der Waals surface area contributed by atoms with E-state index in [1.54, 1.807) is 4.90 Å². The number of amides is 2. The van der Waals surface area contributed by atoms with E-state index < -0.39 is 11.9 Å². The third-order valence-corrected chi connectivity index (χ3v) is 3.14. The van der Waals surface area contributed by atoms with Crippen LogP contribution < -0.4 is 11.1 Å². The van der Waals surface area contributed by atoms with Crippen LogP contribution >= 0.6 is 0 Å². The Kier molecular flexibility index (Phi) is 5.97. The quantitative estimate of drug-likeness (QED) is 0.654. The molecule has 1 fully saturated rings. The molecule has 0 aromatic heterocycles. The van der Waals surface area contributed by atoms with Gasteiger partial charge in [0, 0.05) is 26.1 Å². The monoisotopic (exact) mass is 241 g/mol. The van der Waals surface area contributed by atoms with Gasteiger partial charge < -0.3 is 16.0 Å². The Morgan fingerprint density at radius 3 is 2.76 bits per heavy atom. The van der Waals surface area contributed by atoms with Crippen LogP contribution in [0.1, 0.15) is 39.0 Å². The summed E-state index contributed by atoms with van der Waals surface area (Å²) in [5.41, 5.74) is 5.30. The second kappa shape index (κ2) is 7.27. The summed E-state index contributed by atoms with van der Waals surface area (Å²) in [5, 5.41) is 3.08. The fourth-order valence-corrected chi connectivity index (χ4v) is 2.10. The van der Waals surface area contributed by atoms with Crippen molar-refractivity contribution in [3.8, 4) is 0 Å². The molecule has 3 N–H and O–H groups in total. The number of primary amides is 1. The van der Waals surface area contributed by atoms with Crippen molar-refractivity contribution in [3.05, 3.63) is 0 Å². The van der Waals surface area contributed by atoms with Crippen LogP contribution in [0.25, 0.3) is 0 Å². The van der Waals surface area contributed by atoms with E-state index in [4.69, 9.17) is 5.73 Å². The second-order valence-electron chi connectivity index (χ2n) is 4.52. The molecule has 1 heterocycles. The molecule has 0 spiro atoms. The largest absolute Gasteiger partial charge is 0.368 e. The van der Waals surface area contributed by atoms with Crippen molar-refractivity contribution in [2.24, 2.45) is 5.73 Å². The van der Waals surface area contributed by atoms with E-state index >= 15 is 0 Å². The van der Waals surface area contributed by atoms with Crippen LogP contribution in [-0.2, 0) is 9.59 Å². The third-order valence-electron chi connectivity index (χ3n) is 3.14. The first-order valence-corrected chi connectivity index (χ1v) is 6.46. The van der Waals surface area contributed by atoms with Gasteiger partial charge in [-0.05, 0) is 6.42 Å². The highest BCUT2D eigenvalue weighted by molar-refractivity contribution is 5.87. The predicted molar refractivity (Wildman–Crippen MR) is 66.3 cm³/mol. The number of nitrogens with zero attached hydrogens (tertiary/aromatic N) is 1. The zero-order valence-electron chi connectivity index (χ0n) is 10.6. The van der Waals surface area contributed by atoms with Crippen molar-refractivity contribution >= 4 is 11.8 Å². The fraction of sp³-hybridized carbons (Fsp3) is 0.833. The lowest BCUT2D eigenvalue weighted by atomic mass is 10.1. The van der Waals surface area contributed by atoms with E-state index in [0.717, 1.165) is 32.2 Å². The number of unbranched alkanes of at least 4 members (excludes halogenated alkanes) is 3. The molecule has 98 valence electrons. The number of hydrogen-bond donors (Lipinski definition) is 2. The van der Waals surface area contributed by atoms with E-state index in [1.165, 1.54) is 0 Å². The third kappa shape index (κ3) is 4.34.